The first-order valence-corrected chi connectivity index (χ1v) is 14.3. The Morgan fingerprint density at radius 2 is 1.95 bits per heavy atom. The molecule has 1 saturated heterocycles. The number of nitrogens with zero attached hydrogens (tertiary/aromatic N) is 7. The Morgan fingerprint density at radius 1 is 1.09 bits per heavy atom. The molecule has 1 aliphatic heterocycles. The van der Waals surface area contributed by atoms with Crippen molar-refractivity contribution in [1.82, 2.24) is 29.4 Å². The second-order valence-electron chi connectivity index (χ2n) is 11.2. The van der Waals surface area contributed by atoms with E-state index in [1.807, 2.05) is 42.2 Å². The average molecular weight is 579 g/mol. The molecular formula is C32H31FN8O2. The average Bonchev–Trinajstić information content (AvgIpc) is 3.79. The molecule has 10 nitrogen and oxygen atoms in total. The molecule has 1 atom stereocenters. The van der Waals surface area contributed by atoms with Gasteiger partial charge in [0.15, 0.2) is 11.6 Å². The lowest BCUT2D eigenvalue weighted by Gasteiger charge is -2.42. The number of imidazole rings is 1. The molecule has 0 spiro atoms. The highest BCUT2D eigenvalue weighted by Gasteiger charge is 2.40. The first-order valence-electron chi connectivity index (χ1n) is 14.3. The molecule has 1 N–H and O–H groups in total. The Morgan fingerprint density at radius 3 is 2.74 bits per heavy atom. The molecule has 0 bridgehead atoms. The van der Waals surface area contributed by atoms with Gasteiger partial charge in [0.1, 0.15) is 34.7 Å². The predicted octanol–water partition coefficient (Wildman–Crippen LogP) is 5.51. The van der Waals surface area contributed by atoms with E-state index in [1.54, 1.807) is 24.0 Å². The van der Waals surface area contributed by atoms with E-state index < -0.39 is 0 Å². The van der Waals surface area contributed by atoms with Crippen LogP contribution in [0.4, 0.5) is 21.7 Å². The zero-order valence-electron chi connectivity index (χ0n) is 24.0. The molecule has 1 aliphatic carbocycles. The summed E-state index contributed by atoms with van der Waals surface area (Å²) in [5.41, 5.74) is 4.01. The van der Waals surface area contributed by atoms with E-state index in [2.05, 4.69) is 31.7 Å². The van der Waals surface area contributed by atoms with Crippen LogP contribution in [0.1, 0.15) is 18.4 Å². The molecule has 43 heavy (non-hydrogen) atoms. The molecule has 11 heteroatoms. The van der Waals surface area contributed by atoms with E-state index in [0.29, 0.717) is 52.9 Å². The van der Waals surface area contributed by atoms with Crippen LogP contribution in [0.25, 0.3) is 22.1 Å². The summed E-state index contributed by atoms with van der Waals surface area (Å²) >= 11 is 0. The summed E-state index contributed by atoms with van der Waals surface area (Å²) in [6.45, 7) is 7.67. The molecule has 7 rings (SSSR count). The smallest absolute Gasteiger partial charge is 0.246 e. The van der Waals surface area contributed by atoms with Gasteiger partial charge in [-0.25, -0.2) is 24.3 Å². The lowest BCUT2D eigenvalue weighted by Crippen LogP contribution is -2.56. The van der Waals surface area contributed by atoms with Crippen LogP contribution in [0.2, 0.25) is 0 Å². The van der Waals surface area contributed by atoms with E-state index >= 15 is 0 Å². The number of pyridine rings is 1. The number of piperazine rings is 1. The molecule has 1 saturated carbocycles. The minimum atomic E-state index is -0.388. The van der Waals surface area contributed by atoms with Crippen molar-refractivity contribution < 1.29 is 13.9 Å². The van der Waals surface area contributed by atoms with Gasteiger partial charge in [-0.1, -0.05) is 6.58 Å². The first-order chi connectivity index (χ1) is 20.9. The molecule has 4 heterocycles. The van der Waals surface area contributed by atoms with E-state index in [1.165, 1.54) is 18.5 Å². The third kappa shape index (κ3) is 5.11. The third-order valence-corrected chi connectivity index (χ3v) is 8.24. The zero-order chi connectivity index (χ0) is 29.7. The number of nitrogens with one attached hydrogen (secondary N) is 1. The lowest BCUT2D eigenvalue weighted by atomic mass is 10.1. The minimum absolute atomic E-state index is 0.00365. The SMILES string of the molecule is C=CC(=O)N1CCN(c2ccc3ncnc(Nc4ccc(Oc5cc(F)c6c(c5)ncn6C)c(C)c4)c3n2)C[C@@H]1C1CC1. The maximum atomic E-state index is 14.7. The van der Waals surface area contributed by atoms with Crippen LogP contribution in [0.15, 0.2) is 67.8 Å². The van der Waals surface area contributed by atoms with Crippen LogP contribution in [0.3, 0.4) is 0 Å². The largest absolute Gasteiger partial charge is 0.457 e. The number of carbonyl (C=O) groups excluding carboxylic acids is 1. The van der Waals surface area contributed by atoms with Crippen molar-refractivity contribution in [2.45, 2.75) is 25.8 Å². The number of amides is 1. The van der Waals surface area contributed by atoms with Crippen LogP contribution in [-0.4, -0.2) is 61.0 Å². The third-order valence-electron chi connectivity index (χ3n) is 8.24. The van der Waals surface area contributed by atoms with Gasteiger partial charge in [0.2, 0.25) is 5.91 Å². The number of hydrogen-bond acceptors (Lipinski definition) is 8. The van der Waals surface area contributed by atoms with Gasteiger partial charge in [0, 0.05) is 44.5 Å². The van der Waals surface area contributed by atoms with Crippen molar-refractivity contribution in [2.75, 3.05) is 29.9 Å². The Kier molecular flexibility index (Phi) is 6.64. The van der Waals surface area contributed by atoms with Crippen molar-refractivity contribution in [2.24, 2.45) is 13.0 Å². The highest BCUT2D eigenvalue weighted by molar-refractivity contribution is 5.89. The van der Waals surface area contributed by atoms with Gasteiger partial charge < -0.3 is 24.4 Å². The number of aromatic nitrogens is 5. The monoisotopic (exact) mass is 578 g/mol. The Bertz CT molecular complexity index is 1880. The number of carbonyl (C=O) groups is 1. The molecule has 2 aromatic carbocycles. The number of rotatable bonds is 7. The van der Waals surface area contributed by atoms with Gasteiger partial charge in [-0.2, -0.15) is 0 Å². The summed E-state index contributed by atoms with van der Waals surface area (Å²) in [6, 6.07) is 12.9. The standard InChI is InChI=1S/C32H31FN8O2/c1-4-29(42)41-12-11-40(16-26(41)20-5-6-20)28-10-8-24-30(38-28)32(35-17-34-24)37-21-7-9-27(19(2)13-21)43-22-14-23(33)31-25(15-22)36-18-39(31)3/h4,7-10,13-15,17-18,20,26H,1,5-6,11-12,16H2,2-3H3,(H,34,35,37)/t26-/m1/s1. The second kappa shape index (κ2) is 10.6. The highest BCUT2D eigenvalue weighted by atomic mass is 19.1. The minimum Gasteiger partial charge on any atom is -0.457 e. The lowest BCUT2D eigenvalue weighted by molar-refractivity contribution is -0.129. The fraction of sp³-hybridized carbons (Fsp3) is 0.281. The predicted molar refractivity (Wildman–Crippen MR) is 163 cm³/mol. The number of anilines is 3. The molecular weight excluding hydrogens is 547 g/mol. The number of aryl methyl sites for hydroxylation is 2. The van der Waals surface area contributed by atoms with Crippen LogP contribution < -0.4 is 15.0 Å². The van der Waals surface area contributed by atoms with Gasteiger partial charge in [0.05, 0.1) is 23.4 Å². The first kappa shape index (κ1) is 26.8. The van der Waals surface area contributed by atoms with Crippen LogP contribution in [-0.2, 0) is 11.8 Å². The molecule has 1 amide bonds. The number of ether oxygens (including phenoxy) is 1. The van der Waals surface area contributed by atoms with Crippen molar-refractivity contribution in [3.63, 3.8) is 0 Å². The summed E-state index contributed by atoms with van der Waals surface area (Å²) in [6.07, 6.45) is 6.80. The number of fused-ring (bicyclic) bond motifs is 2. The van der Waals surface area contributed by atoms with Gasteiger partial charge in [-0.15, -0.1) is 0 Å². The van der Waals surface area contributed by atoms with Gasteiger partial charge in [-0.05, 0) is 67.7 Å². The van der Waals surface area contributed by atoms with E-state index in [0.717, 1.165) is 42.0 Å². The number of halogens is 1. The van der Waals surface area contributed by atoms with Crippen LogP contribution in [0.5, 0.6) is 11.5 Å². The molecule has 3 aromatic heterocycles. The summed E-state index contributed by atoms with van der Waals surface area (Å²) < 4.78 is 22.3. The molecule has 2 aliphatic rings. The maximum Gasteiger partial charge on any atom is 0.246 e. The Hall–Kier alpha value is -5.06. The number of hydrogen-bond donors (Lipinski definition) is 1. The number of benzene rings is 2. The van der Waals surface area contributed by atoms with Gasteiger partial charge in [0.25, 0.3) is 0 Å². The van der Waals surface area contributed by atoms with Crippen molar-refractivity contribution >= 4 is 45.3 Å². The van der Waals surface area contributed by atoms with Gasteiger partial charge >= 0.3 is 0 Å². The normalized spacial score (nSPS) is 17.0. The van der Waals surface area contributed by atoms with E-state index in [-0.39, 0.29) is 17.8 Å². The second-order valence-corrected chi connectivity index (χ2v) is 11.2. The van der Waals surface area contributed by atoms with Crippen LogP contribution in [0, 0.1) is 18.7 Å². The summed E-state index contributed by atoms with van der Waals surface area (Å²) in [5.74, 6) is 2.54. The fourth-order valence-corrected chi connectivity index (χ4v) is 5.87. The summed E-state index contributed by atoms with van der Waals surface area (Å²) in [5, 5.41) is 3.39. The topological polar surface area (TPSA) is 101 Å². The summed E-state index contributed by atoms with van der Waals surface area (Å²) in [4.78, 5) is 34.8. The zero-order valence-corrected chi connectivity index (χ0v) is 24.0. The molecule has 5 aromatic rings. The Balaban J connectivity index is 1.12. The van der Waals surface area contributed by atoms with Gasteiger partial charge in [-0.3, -0.25) is 4.79 Å². The van der Waals surface area contributed by atoms with E-state index in [9.17, 15) is 9.18 Å². The van der Waals surface area contributed by atoms with Crippen molar-refractivity contribution in [3.05, 3.63) is 79.2 Å². The molecule has 0 unspecified atom stereocenters. The quantitative estimate of drug-likeness (QED) is 0.253. The summed E-state index contributed by atoms with van der Waals surface area (Å²) in [7, 11) is 1.76. The molecule has 218 valence electrons. The molecule has 2 fully saturated rings. The van der Waals surface area contributed by atoms with Crippen LogP contribution >= 0.6 is 0 Å². The van der Waals surface area contributed by atoms with Crippen molar-refractivity contribution in [3.8, 4) is 11.5 Å². The van der Waals surface area contributed by atoms with Crippen molar-refractivity contribution in [1.29, 1.82) is 0 Å². The Labute approximate surface area is 247 Å². The fourth-order valence-electron chi connectivity index (χ4n) is 5.87. The molecule has 0 radical (unpaired) electrons. The maximum absolute atomic E-state index is 14.7. The van der Waals surface area contributed by atoms with E-state index in [4.69, 9.17) is 9.72 Å². The highest BCUT2D eigenvalue weighted by Crippen LogP contribution is 2.38.